The van der Waals surface area contributed by atoms with E-state index in [1.165, 1.54) is 13.7 Å². The number of hydrogen-bond acceptors (Lipinski definition) is 15. The lowest BCUT2D eigenvalue weighted by molar-refractivity contribution is -0.0805. The number of aryl methyl sites for hydroxylation is 3. The second-order valence-electron chi connectivity index (χ2n) is 21.5. The Morgan fingerprint density at radius 2 is 0.639 bits per heavy atom. The summed E-state index contributed by atoms with van der Waals surface area (Å²) in [7, 11) is 0. The third-order valence-corrected chi connectivity index (χ3v) is 15.2. The SMILES string of the molecule is CC1(C)CCn2c(=O)n(C[C@@H](O)[C@H](O)[C@H](O)CO)c3cccc1c32.CC1(C)CCn2c(=O)n(C[C@H](O)[C@@H](O)[C@H](O)CO)c3cccc1c32.CC1(C)CCn2c(=O)n(C[C@H](O)[C@H](O)[C@H](O)CO)c3cccc1c32. The third kappa shape index (κ3) is 10.0. The monoisotopic (exact) mass is 1010 g/mol. The molecule has 9 rings (SSSR count). The van der Waals surface area contributed by atoms with Gasteiger partial charge < -0.3 is 61.3 Å². The van der Waals surface area contributed by atoms with E-state index in [-0.39, 0.29) is 52.9 Å². The largest absolute Gasteiger partial charge is 0.394 e. The summed E-state index contributed by atoms with van der Waals surface area (Å²) in [5.41, 5.74) is 7.14. The summed E-state index contributed by atoms with van der Waals surface area (Å²) >= 11 is 0. The normalized spacial score (nSPS) is 20.1. The molecule has 396 valence electrons. The molecular formula is C51H72N6O15. The summed E-state index contributed by atoms with van der Waals surface area (Å²) in [5, 5.41) is 115. The molecule has 0 saturated carbocycles. The fourth-order valence-electron chi connectivity index (χ4n) is 10.5. The predicted octanol–water partition coefficient (Wildman–Crippen LogP) is -1.32. The molecule has 0 unspecified atom stereocenters. The van der Waals surface area contributed by atoms with Crippen molar-refractivity contribution in [1.29, 1.82) is 0 Å². The van der Waals surface area contributed by atoms with Gasteiger partial charge >= 0.3 is 17.1 Å². The van der Waals surface area contributed by atoms with Crippen molar-refractivity contribution in [3.8, 4) is 0 Å². The fraction of sp³-hybridized carbons (Fsp3) is 0.588. The molecule has 9 atom stereocenters. The molecule has 0 bridgehead atoms. The van der Waals surface area contributed by atoms with E-state index in [9.17, 15) is 60.3 Å². The molecule has 0 saturated heterocycles. The van der Waals surface area contributed by atoms with Gasteiger partial charge in [0.05, 0.1) is 72.6 Å². The topological polar surface area (TPSA) is 324 Å². The molecule has 21 heteroatoms. The molecule has 0 fully saturated rings. The van der Waals surface area contributed by atoms with Gasteiger partial charge in [0.1, 0.15) is 54.9 Å². The van der Waals surface area contributed by atoms with Gasteiger partial charge in [-0.25, -0.2) is 14.4 Å². The van der Waals surface area contributed by atoms with Crippen molar-refractivity contribution in [3.05, 3.63) is 103 Å². The number of para-hydroxylation sites is 3. The number of imidazole rings is 3. The van der Waals surface area contributed by atoms with Gasteiger partial charge in [-0.3, -0.25) is 27.4 Å². The molecule has 6 heterocycles. The van der Waals surface area contributed by atoms with E-state index >= 15 is 0 Å². The fourth-order valence-corrected chi connectivity index (χ4v) is 10.5. The van der Waals surface area contributed by atoms with E-state index in [1.54, 1.807) is 13.7 Å². The number of aliphatic hydroxyl groups excluding tert-OH is 12. The van der Waals surface area contributed by atoms with Gasteiger partial charge in [0, 0.05) is 19.6 Å². The van der Waals surface area contributed by atoms with Crippen LogP contribution >= 0.6 is 0 Å². The molecule has 6 aromatic rings. The molecular weight excluding hydrogens is 937 g/mol. The van der Waals surface area contributed by atoms with Crippen LogP contribution in [0.25, 0.3) is 33.1 Å². The van der Waals surface area contributed by atoms with Crippen LogP contribution in [0, 0.1) is 0 Å². The molecule has 3 aliphatic heterocycles. The average molecular weight is 1010 g/mol. The van der Waals surface area contributed by atoms with Crippen LogP contribution in [-0.4, -0.2) is 163 Å². The lowest BCUT2D eigenvalue weighted by Crippen LogP contribution is -2.43. The number of aromatic nitrogens is 6. The molecule has 0 spiro atoms. The van der Waals surface area contributed by atoms with Gasteiger partial charge in [0.25, 0.3) is 0 Å². The summed E-state index contributed by atoms with van der Waals surface area (Å²) < 4.78 is 9.40. The maximum absolute atomic E-state index is 12.7. The van der Waals surface area contributed by atoms with Crippen LogP contribution in [0.3, 0.4) is 0 Å². The first kappa shape index (κ1) is 54.8. The zero-order valence-electron chi connectivity index (χ0n) is 41.7. The Balaban J connectivity index is 0.000000158. The van der Waals surface area contributed by atoms with E-state index in [0.717, 1.165) is 52.5 Å². The van der Waals surface area contributed by atoms with Crippen LogP contribution in [0.15, 0.2) is 69.0 Å². The predicted molar refractivity (Wildman–Crippen MR) is 267 cm³/mol. The van der Waals surface area contributed by atoms with Gasteiger partial charge in [0.15, 0.2) is 0 Å². The Kier molecular flexibility index (Phi) is 16.0. The summed E-state index contributed by atoms with van der Waals surface area (Å²) in [5.74, 6) is 0. The Hall–Kier alpha value is -5.01. The molecule has 21 nitrogen and oxygen atoms in total. The van der Waals surface area contributed by atoms with Crippen LogP contribution in [0.2, 0.25) is 0 Å². The maximum Gasteiger partial charge on any atom is 0.329 e. The molecule has 0 radical (unpaired) electrons. The Morgan fingerprint density at radius 3 is 0.861 bits per heavy atom. The molecule has 3 aromatic heterocycles. The Labute approximate surface area is 414 Å². The number of nitrogens with zero attached hydrogens (tertiary/aromatic N) is 6. The Morgan fingerprint density at radius 1 is 0.403 bits per heavy atom. The van der Waals surface area contributed by atoms with E-state index in [2.05, 4.69) is 41.5 Å². The lowest BCUT2D eigenvalue weighted by Gasteiger charge is -2.30. The minimum atomic E-state index is -1.52. The summed E-state index contributed by atoms with van der Waals surface area (Å²) in [6, 6.07) is 17.2. The standard InChI is InChI=1S/3C17H24N2O5/c3*1-17(2)6-7-18-14-10(17)4-3-5-11(14)19(16(18)24)8-12(21)15(23)13(22)9-20/h3*3-5,12-13,15,20-23H,6-9H2,1-2H3/t12-,13+,15+;12-,13+,15-;12-,13-,15+/m001/s1. The van der Waals surface area contributed by atoms with Crippen LogP contribution in [0.5, 0.6) is 0 Å². The van der Waals surface area contributed by atoms with Crippen molar-refractivity contribution in [2.24, 2.45) is 0 Å². The van der Waals surface area contributed by atoms with Crippen LogP contribution in [0.1, 0.15) is 77.5 Å². The molecule has 0 amide bonds. The smallest absolute Gasteiger partial charge is 0.329 e. The highest BCUT2D eigenvalue weighted by Crippen LogP contribution is 2.39. The van der Waals surface area contributed by atoms with Crippen LogP contribution < -0.4 is 17.1 Å². The molecule has 12 N–H and O–H groups in total. The molecule has 72 heavy (non-hydrogen) atoms. The number of benzene rings is 3. The average Bonchev–Trinajstić information content (AvgIpc) is 3.90. The van der Waals surface area contributed by atoms with Crippen molar-refractivity contribution in [3.63, 3.8) is 0 Å². The van der Waals surface area contributed by atoms with E-state index in [1.807, 2.05) is 54.6 Å². The lowest BCUT2D eigenvalue weighted by atomic mass is 9.79. The second-order valence-corrected chi connectivity index (χ2v) is 21.5. The third-order valence-electron chi connectivity index (χ3n) is 15.2. The Bertz CT molecular complexity index is 2740. The highest BCUT2D eigenvalue weighted by Gasteiger charge is 2.36. The molecule has 0 aliphatic carbocycles. The van der Waals surface area contributed by atoms with Gasteiger partial charge in [-0.05, 0) is 70.4 Å². The quantitative estimate of drug-likeness (QED) is 0.0568. The number of aliphatic hydroxyl groups is 12. The highest BCUT2D eigenvalue weighted by atomic mass is 16.4. The van der Waals surface area contributed by atoms with Crippen molar-refractivity contribution in [2.75, 3.05) is 19.8 Å². The first-order valence-corrected chi connectivity index (χ1v) is 24.5. The van der Waals surface area contributed by atoms with Crippen LogP contribution in [-0.2, 0) is 55.5 Å². The molecule has 3 aliphatic rings. The zero-order valence-corrected chi connectivity index (χ0v) is 41.7. The van der Waals surface area contributed by atoms with Gasteiger partial charge in [-0.2, -0.15) is 0 Å². The maximum atomic E-state index is 12.7. The first-order chi connectivity index (χ1) is 33.8. The minimum absolute atomic E-state index is 0.0383. The van der Waals surface area contributed by atoms with Crippen molar-refractivity contribution >= 4 is 33.1 Å². The van der Waals surface area contributed by atoms with E-state index in [0.29, 0.717) is 36.2 Å². The van der Waals surface area contributed by atoms with E-state index in [4.69, 9.17) is 15.3 Å². The summed E-state index contributed by atoms with van der Waals surface area (Å²) in [6.07, 6.45) is -10.5. The molecule has 3 aromatic carbocycles. The first-order valence-electron chi connectivity index (χ1n) is 24.5. The number of rotatable bonds is 15. The van der Waals surface area contributed by atoms with Gasteiger partial charge in [-0.15, -0.1) is 0 Å². The zero-order chi connectivity index (χ0) is 52.9. The van der Waals surface area contributed by atoms with Crippen molar-refractivity contribution in [2.45, 2.75) is 171 Å². The van der Waals surface area contributed by atoms with Gasteiger partial charge in [0.2, 0.25) is 0 Å². The van der Waals surface area contributed by atoms with Gasteiger partial charge in [-0.1, -0.05) is 77.9 Å². The second kappa shape index (κ2) is 21.1. The van der Waals surface area contributed by atoms with Crippen molar-refractivity contribution < 1.29 is 61.3 Å². The minimum Gasteiger partial charge on any atom is -0.394 e. The summed E-state index contributed by atoms with van der Waals surface area (Å²) in [6.45, 7) is 12.2. The number of hydrogen-bond donors (Lipinski definition) is 12. The highest BCUT2D eigenvalue weighted by molar-refractivity contribution is 5.83. The summed E-state index contributed by atoms with van der Waals surface area (Å²) in [4.78, 5) is 38.2. The van der Waals surface area contributed by atoms with Crippen LogP contribution in [0.4, 0.5) is 0 Å². The van der Waals surface area contributed by atoms with Crippen molar-refractivity contribution in [1.82, 2.24) is 27.4 Å². The van der Waals surface area contributed by atoms with E-state index < -0.39 is 74.8 Å².